The van der Waals surface area contributed by atoms with Crippen LogP contribution in [0.1, 0.15) is 24.3 Å². The van der Waals surface area contributed by atoms with Gasteiger partial charge in [-0.2, -0.15) is 0 Å². The van der Waals surface area contributed by atoms with Crippen molar-refractivity contribution in [1.29, 1.82) is 0 Å². The number of fused-ring (bicyclic) bond motifs is 1. The molecule has 0 saturated carbocycles. The van der Waals surface area contributed by atoms with E-state index in [0.29, 0.717) is 28.5 Å². The van der Waals surface area contributed by atoms with Crippen LogP contribution in [-0.2, 0) is 10.8 Å². The smallest absolute Gasteiger partial charge is 0.272 e. The van der Waals surface area contributed by atoms with Crippen molar-refractivity contribution in [1.82, 2.24) is 9.88 Å². The van der Waals surface area contributed by atoms with Crippen LogP contribution in [-0.4, -0.2) is 43.6 Å². The van der Waals surface area contributed by atoms with E-state index in [1.165, 1.54) is 0 Å². The molecule has 2 heterocycles. The summed E-state index contributed by atoms with van der Waals surface area (Å²) in [5, 5.41) is 1.52. The normalized spacial score (nSPS) is 25.4. The number of aromatic nitrogens is 1. The summed E-state index contributed by atoms with van der Waals surface area (Å²) in [5.41, 5.74) is 1.11. The third-order valence-corrected chi connectivity index (χ3v) is 6.30. The van der Waals surface area contributed by atoms with Crippen molar-refractivity contribution in [2.75, 3.05) is 12.3 Å². The monoisotopic (exact) mass is 336 g/mol. The van der Waals surface area contributed by atoms with E-state index in [9.17, 15) is 9.00 Å². The van der Waals surface area contributed by atoms with Crippen LogP contribution in [0, 0.1) is 0 Å². The molecule has 2 aromatic rings. The molecule has 1 fully saturated rings. The molecule has 1 aromatic carbocycles. The van der Waals surface area contributed by atoms with Gasteiger partial charge in [0, 0.05) is 39.5 Å². The van der Waals surface area contributed by atoms with Gasteiger partial charge in [0.15, 0.2) is 0 Å². The Kier molecular flexibility index (Phi) is 4.19. The molecule has 116 valence electrons. The van der Waals surface area contributed by atoms with Crippen LogP contribution in [0.25, 0.3) is 10.9 Å². The minimum absolute atomic E-state index is 0.0207. The van der Waals surface area contributed by atoms with Crippen molar-refractivity contribution in [3.63, 3.8) is 0 Å². The van der Waals surface area contributed by atoms with Crippen LogP contribution in [0.4, 0.5) is 0 Å². The number of hydrogen-bond donors (Lipinski definition) is 0. The molecule has 4 nitrogen and oxygen atoms in total. The third kappa shape index (κ3) is 2.75. The first-order chi connectivity index (χ1) is 10.5. The lowest BCUT2D eigenvalue weighted by Gasteiger charge is -2.37. The highest BCUT2D eigenvalue weighted by Gasteiger charge is 2.33. The van der Waals surface area contributed by atoms with E-state index in [0.717, 1.165) is 5.39 Å². The third-order valence-electron chi connectivity index (χ3n) is 4.25. The van der Waals surface area contributed by atoms with Crippen LogP contribution in [0.15, 0.2) is 30.3 Å². The Hall–Kier alpha value is -1.46. The van der Waals surface area contributed by atoms with Gasteiger partial charge in [0.05, 0.1) is 10.8 Å². The maximum atomic E-state index is 12.7. The number of nitrogens with zero attached hydrogens (tertiary/aromatic N) is 2. The molecule has 1 saturated heterocycles. The maximum absolute atomic E-state index is 12.7. The van der Waals surface area contributed by atoms with Gasteiger partial charge in [-0.3, -0.25) is 9.00 Å². The Labute approximate surface area is 136 Å². The zero-order valence-corrected chi connectivity index (χ0v) is 14.0. The predicted octanol–water partition coefficient (Wildman–Crippen LogP) is 2.87. The Morgan fingerprint density at radius 3 is 2.82 bits per heavy atom. The lowest BCUT2D eigenvalue weighted by atomic mass is 10.1. The summed E-state index contributed by atoms with van der Waals surface area (Å²) in [6, 6.07) is 9.00. The molecule has 3 rings (SSSR count). The first kappa shape index (κ1) is 15.4. The molecule has 6 heteroatoms. The number of amides is 1. The van der Waals surface area contributed by atoms with E-state index in [1.807, 2.05) is 26.0 Å². The van der Waals surface area contributed by atoms with Gasteiger partial charge in [-0.25, -0.2) is 4.98 Å². The lowest BCUT2D eigenvalue weighted by Crippen LogP contribution is -2.52. The van der Waals surface area contributed by atoms with Crippen molar-refractivity contribution in [3.05, 3.63) is 41.0 Å². The summed E-state index contributed by atoms with van der Waals surface area (Å²) in [6.07, 6.45) is 0. The number of pyridine rings is 1. The molecule has 0 spiro atoms. The van der Waals surface area contributed by atoms with Gasteiger partial charge in [0.25, 0.3) is 5.91 Å². The summed E-state index contributed by atoms with van der Waals surface area (Å²) in [7, 11) is -0.866. The lowest BCUT2D eigenvalue weighted by molar-refractivity contribution is 0.0690. The minimum Gasteiger partial charge on any atom is -0.332 e. The van der Waals surface area contributed by atoms with Gasteiger partial charge in [-0.05, 0) is 32.0 Å². The number of benzene rings is 1. The Balaban J connectivity index is 1.93. The van der Waals surface area contributed by atoms with Gasteiger partial charge < -0.3 is 4.90 Å². The highest BCUT2D eigenvalue weighted by Crippen LogP contribution is 2.21. The van der Waals surface area contributed by atoms with Crippen molar-refractivity contribution < 1.29 is 9.00 Å². The standard InChI is InChI=1S/C16H17ClN2O2S/c1-10-11(2)22(21)8-7-19(10)16(20)14-6-4-12-3-5-13(17)9-15(12)18-14/h3-6,9-11H,7-8H2,1-2H3/t10-,11+,22+/m1/s1. The molecule has 3 atom stereocenters. The highest BCUT2D eigenvalue weighted by molar-refractivity contribution is 7.85. The predicted molar refractivity (Wildman–Crippen MR) is 89.7 cm³/mol. The van der Waals surface area contributed by atoms with E-state index in [1.54, 1.807) is 23.1 Å². The van der Waals surface area contributed by atoms with Crippen molar-refractivity contribution in [2.24, 2.45) is 0 Å². The fraction of sp³-hybridized carbons (Fsp3) is 0.375. The van der Waals surface area contributed by atoms with Crippen LogP contribution in [0.2, 0.25) is 5.02 Å². The summed E-state index contributed by atoms with van der Waals surface area (Å²) in [6.45, 7) is 4.37. The second kappa shape index (κ2) is 5.97. The first-order valence-corrected chi connectivity index (χ1v) is 8.98. The number of carbonyl (C=O) groups is 1. The molecule has 1 aromatic heterocycles. The zero-order valence-electron chi connectivity index (χ0n) is 12.5. The molecule has 0 radical (unpaired) electrons. The number of hydrogen-bond acceptors (Lipinski definition) is 3. The Morgan fingerprint density at radius 2 is 2.05 bits per heavy atom. The number of halogens is 1. The topological polar surface area (TPSA) is 50.3 Å². The van der Waals surface area contributed by atoms with E-state index < -0.39 is 10.8 Å². The molecule has 0 N–H and O–H groups in total. The van der Waals surface area contributed by atoms with E-state index in [2.05, 4.69) is 4.98 Å². The summed E-state index contributed by atoms with van der Waals surface area (Å²) < 4.78 is 11.9. The molecule has 1 amide bonds. The molecular weight excluding hydrogens is 320 g/mol. The zero-order chi connectivity index (χ0) is 15.9. The van der Waals surface area contributed by atoms with Gasteiger partial charge in [-0.15, -0.1) is 0 Å². The molecule has 0 bridgehead atoms. The van der Waals surface area contributed by atoms with E-state index >= 15 is 0 Å². The fourth-order valence-corrected chi connectivity index (χ4v) is 4.20. The summed E-state index contributed by atoms with van der Waals surface area (Å²) >= 11 is 5.99. The molecule has 22 heavy (non-hydrogen) atoms. The van der Waals surface area contributed by atoms with Crippen LogP contribution in [0.5, 0.6) is 0 Å². The highest BCUT2D eigenvalue weighted by atomic mass is 35.5. The molecule has 0 aliphatic carbocycles. The number of rotatable bonds is 1. The second-order valence-corrected chi connectivity index (χ2v) is 7.91. The van der Waals surface area contributed by atoms with Crippen molar-refractivity contribution >= 4 is 39.2 Å². The summed E-state index contributed by atoms with van der Waals surface area (Å²) in [4.78, 5) is 18.9. The molecular formula is C16H17ClN2O2S. The van der Waals surface area contributed by atoms with Crippen molar-refractivity contribution in [2.45, 2.75) is 25.1 Å². The Bertz CT molecular complexity index is 765. The SMILES string of the molecule is C[C@@H]1[C@H](C)[S@@](=O)CCN1C(=O)c1ccc2ccc(Cl)cc2n1. The fourth-order valence-electron chi connectivity index (χ4n) is 2.69. The first-order valence-electron chi connectivity index (χ1n) is 7.22. The van der Waals surface area contributed by atoms with Gasteiger partial charge in [-0.1, -0.05) is 23.7 Å². The quantitative estimate of drug-likeness (QED) is 0.804. The van der Waals surface area contributed by atoms with Crippen LogP contribution < -0.4 is 0 Å². The average molecular weight is 337 g/mol. The largest absolute Gasteiger partial charge is 0.332 e. The van der Waals surface area contributed by atoms with Gasteiger partial charge >= 0.3 is 0 Å². The van der Waals surface area contributed by atoms with E-state index in [-0.39, 0.29) is 17.2 Å². The summed E-state index contributed by atoms with van der Waals surface area (Å²) in [5.74, 6) is 0.411. The van der Waals surface area contributed by atoms with E-state index in [4.69, 9.17) is 11.6 Å². The molecule has 0 unspecified atom stereocenters. The molecule has 1 aliphatic rings. The van der Waals surface area contributed by atoms with Gasteiger partial charge in [0.1, 0.15) is 5.69 Å². The number of carbonyl (C=O) groups excluding carboxylic acids is 1. The maximum Gasteiger partial charge on any atom is 0.272 e. The van der Waals surface area contributed by atoms with Crippen LogP contribution >= 0.6 is 11.6 Å². The van der Waals surface area contributed by atoms with Gasteiger partial charge in [0.2, 0.25) is 0 Å². The minimum atomic E-state index is -0.866. The second-order valence-electron chi connectivity index (χ2n) is 5.56. The van der Waals surface area contributed by atoms with Crippen molar-refractivity contribution in [3.8, 4) is 0 Å². The average Bonchev–Trinajstić information content (AvgIpc) is 2.51. The molecule has 1 aliphatic heterocycles. The Morgan fingerprint density at radius 1 is 1.32 bits per heavy atom. The van der Waals surface area contributed by atoms with Crippen LogP contribution in [0.3, 0.4) is 0 Å².